The number of carbonyl (C=O) groups is 2. The van der Waals surface area contributed by atoms with Gasteiger partial charge < -0.3 is 15.7 Å². The smallest absolute Gasteiger partial charge is 0.313 e. The number of thioether (sulfide) groups is 2. The number of carboxylic acids is 1. The van der Waals surface area contributed by atoms with E-state index in [2.05, 4.69) is 20.2 Å². The largest absolute Gasteiger partial charge is 0.481 e. The van der Waals surface area contributed by atoms with E-state index in [4.69, 9.17) is 5.73 Å². The van der Waals surface area contributed by atoms with E-state index in [9.17, 15) is 23.1 Å². The first-order valence-corrected chi connectivity index (χ1v) is 11.8. The molecule has 27 heavy (non-hydrogen) atoms. The van der Waals surface area contributed by atoms with Crippen LogP contribution in [0.25, 0.3) is 0 Å². The van der Waals surface area contributed by atoms with Gasteiger partial charge in [-0.05, 0) is 10.4 Å². The zero-order valence-electron chi connectivity index (χ0n) is 14.3. The van der Waals surface area contributed by atoms with Gasteiger partial charge in [-0.3, -0.25) is 9.59 Å². The quantitative estimate of drug-likeness (QED) is 0.293. The van der Waals surface area contributed by atoms with Crippen molar-refractivity contribution >= 4 is 45.4 Å². The fraction of sp³-hybridized carbons (Fsp3) is 0.750. The molecule has 150 valence electrons. The van der Waals surface area contributed by atoms with Crippen molar-refractivity contribution < 1.29 is 23.1 Å². The van der Waals surface area contributed by atoms with Crippen LogP contribution < -0.4 is 10.5 Å². The van der Waals surface area contributed by atoms with Gasteiger partial charge in [-0.25, -0.2) is 17.8 Å². The van der Waals surface area contributed by atoms with E-state index in [0.29, 0.717) is 10.9 Å². The molecule has 1 aromatic heterocycles. The summed E-state index contributed by atoms with van der Waals surface area (Å²) in [7, 11) is -3.32. The molecule has 12 nitrogen and oxygen atoms in total. The molecule has 0 aliphatic carbocycles. The minimum Gasteiger partial charge on any atom is -0.481 e. The van der Waals surface area contributed by atoms with Crippen LogP contribution in [0.4, 0.5) is 0 Å². The van der Waals surface area contributed by atoms with E-state index >= 15 is 0 Å². The van der Waals surface area contributed by atoms with E-state index in [1.165, 1.54) is 21.3 Å². The lowest BCUT2D eigenvalue weighted by Gasteiger charge is -2.52. The summed E-state index contributed by atoms with van der Waals surface area (Å²) in [5.74, 6) is -0.734. The Morgan fingerprint density at radius 1 is 1.56 bits per heavy atom. The normalized spacial score (nSPS) is 27.9. The number of nitrogens with two attached hydrogens (primary N) is 1. The molecule has 2 unspecified atom stereocenters. The first-order chi connectivity index (χ1) is 12.6. The van der Waals surface area contributed by atoms with Crippen molar-refractivity contribution in [3.05, 3.63) is 0 Å². The van der Waals surface area contributed by atoms with E-state index in [-0.39, 0.29) is 36.7 Å². The molecule has 2 aliphatic heterocycles. The van der Waals surface area contributed by atoms with Gasteiger partial charge in [0.15, 0.2) is 0 Å². The maximum atomic E-state index is 11.9. The number of hydrogen-bond donors (Lipinski definition) is 3. The molecule has 15 heteroatoms. The summed E-state index contributed by atoms with van der Waals surface area (Å²) in [6.45, 7) is 0.411. The van der Waals surface area contributed by atoms with E-state index in [0.717, 1.165) is 18.0 Å². The number of aromatic nitrogens is 4. The molecule has 3 rings (SSSR count). The number of amides is 1. The number of fused-ring (bicyclic) bond motifs is 1. The van der Waals surface area contributed by atoms with Crippen LogP contribution in [0.2, 0.25) is 0 Å². The molecule has 3 heterocycles. The van der Waals surface area contributed by atoms with E-state index in [1.54, 1.807) is 0 Å². The molecule has 0 spiro atoms. The molecule has 3 atom stereocenters. The summed E-state index contributed by atoms with van der Waals surface area (Å²) in [4.78, 5) is 25.3. The highest BCUT2D eigenvalue weighted by molar-refractivity contribution is 8.00. The first kappa shape index (κ1) is 20.3. The molecule has 2 saturated heterocycles. The number of sulfonamides is 1. The van der Waals surface area contributed by atoms with Crippen molar-refractivity contribution in [2.24, 2.45) is 11.1 Å². The van der Waals surface area contributed by atoms with Crippen LogP contribution in [-0.2, 0) is 26.2 Å². The van der Waals surface area contributed by atoms with E-state index in [1.807, 2.05) is 0 Å². The van der Waals surface area contributed by atoms with Crippen LogP contribution in [0.15, 0.2) is 5.16 Å². The number of rotatable bonds is 8. The summed E-state index contributed by atoms with van der Waals surface area (Å²) in [6.07, 6.45) is 1.05. The van der Waals surface area contributed by atoms with E-state index < -0.39 is 27.4 Å². The van der Waals surface area contributed by atoms with Gasteiger partial charge in [0.25, 0.3) is 0 Å². The van der Waals surface area contributed by atoms with Crippen LogP contribution in [0.1, 0.15) is 0 Å². The standard InChI is InChI=1S/C12H19N7O5S3/c1-27(23,24)14-2-3-19-11(15-16-17-19)26-6-12(10(21)22)4-18-8(20)7(13)9(18)25-5-12/h7,9,14H,2-6,13H2,1H3,(H,21,22)/t7?,9-,12?/m1/s1. The van der Waals surface area contributed by atoms with Gasteiger partial charge in [0.05, 0.1) is 12.8 Å². The van der Waals surface area contributed by atoms with Crippen molar-refractivity contribution in [1.29, 1.82) is 0 Å². The van der Waals surface area contributed by atoms with Gasteiger partial charge in [-0.2, -0.15) is 0 Å². The number of β-lactam (4-membered cyclic amide) rings is 1. The number of aliphatic carboxylic acids is 1. The molecule has 2 aliphatic rings. The Balaban J connectivity index is 1.64. The summed E-state index contributed by atoms with van der Waals surface area (Å²) in [5, 5.41) is 21.2. The SMILES string of the molecule is CS(=O)(=O)NCCn1nnnc1SCC1(C(=O)O)CS[C@@H]2C(N)C(=O)N2C1. The predicted octanol–water partition coefficient (Wildman–Crippen LogP) is -2.37. The van der Waals surface area contributed by atoms with Gasteiger partial charge in [0.2, 0.25) is 21.1 Å². The molecular weight excluding hydrogens is 418 g/mol. The Hall–Kier alpha value is -1.42. The lowest BCUT2D eigenvalue weighted by Crippen LogP contribution is -2.72. The summed E-state index contributed by atoms with van der Waals surface area (Å²) in [6, 6.07) is -0.566. The van der Waals surface area contributed by atoms with Crippen molar-refractivity contribution in [2.45, 2.75) is 23.1 Å². The first-order valence-electron chi connectivity index (χ1n) is 7.88. The highest BCUT2D eigenvalue weighted by atomic mass is 32.2. The van der Waals surface area contributed by atoms with Crippen molar-refractivity contribution in [3.8, 4) is 0 Å². The van der Waals surface area contributed by atoms with Crippen molar-refractivity contribution in [2.75, 3.05) is 30.9 Å². The molecular formula is C12H19N7O5S3. The molecule has 1 aromatic rings. The molecule has 2 fully saturated rings. The molecule has 0 saturated carbocycles. The number of nitrogens with zero attached hydrogens (tertiary/aromatic N) is 5. The fourth-order valence-electron chi connectivity index (χ4n) is 2.79. The lowest BCUT2D eigenvalue weighted by atomic mass is 9.89. The topological polar surface area (TPSA) is 173 Å². The van der Waals surface area contributed by atoms with Crippen molar-refractivity contribution in [1.82, 2.24) is 29.8 Å². The highest BCUT2D eigenvalue weighted by Gasteiger charge is 2.55. The Morgan fingerprint density at radius 2 is 2.30 bits per heavy atom. The minimum atomic E-state index is -3.32. The lowest BCUT2D eigenvalue weighted by molar-refractivity contribution is -0.155. The Labute approximate surface area is 163 Å². The summed E-state index contributed by atoms with van der Waals surface area (Å²) < 4.78 is 26.0. The summed E-state index contributed by atoms with van der Waals surface area (Å²) >= 11 is 2.53. The number of nitrogens with one attached hydrogen (secondary N) is 1. The third kappa shape index (κ3) is 4.21. The van der Waals surface area contributed by atoms with Gasteiger partial charge >= 0.3 is 5.97 Å². The zero-order valence-corrected chi connectivity index (χ0v) is 16.8. The highest BCUT2D eigenvalue weighted by Crippen LogP contribution is 2.43. The second-order valence-corrected chi connectivity index (χ2v) is 10.3. The van der Waals surface area contributed by atoms with Crippen LogP contribution in [0, 0.1) is 5.41 Å². The van der Waals surface area contributed by atoms with Gasteiger partial charge in [-0.15, -0.1) is 16.9 Å². The zero-order chi connectivity index (χ0) is 19.8. The Kier molecular flexibility index (Phi) is 5.67. The number of carbonyl (C=O) groups excluding carboxylic acids is 1. The minimum absolute atomic E-state index is 0.0940. The van der Waals surface area contributed by atoms with Crippen molar-refractivity contribution in [3.63, 3.8) is 0 Å². The molecule has 0 aromatic carbocycles. The molecule has 0 radical (unpaired) electrons. The Bertz CT molecular complexity index is 846. The van der Waals surface area contributed by atoms with Crippen LogP contribution in [-0.4, -0.2) is 92.8 Å². The average molecular weight is 438 g/mol. The molecule has 0 bridgehead atoms. The molecule has 4 N–H and O–H groups in total. The predicted molar refractivity (Wildman–Crippen MR) is 97.4 cm³/mol. The monoisotopic (exact) mass is 437 g/mol. The van der Waals surface area contributed by atoms with Crippen LogP contribution in [0.5, 0.6) is 0 Å². The number of carboxylic acid groups (broad SMARTS) is 1. The molecule has 1 amide bonds. The third-order valence-electron chi connectivity index (χ3n) is 4.30. The number of tetrazole rings is 1. The van der Waals surface area contributed by atoms with Gasteiger partial charge in [-0.1, -0.05) is 11.8 Å². The fourth-order valence-corrected chi connectivity index (χ4v) is 5.96. The maximum Gasteiger partial charge on any atom is 0.313 e. The second-order valence-electron chi connectivity index (χ2n) is 6.42. The maximum absolute atomic E-state index is 11.9. The summed E-state index contributed by atoms with van der Waals surface area (Å²) in [5.41, 5.74) is 4.61. The van der Waals surface area contributed by atoms with Gasteiger partial charge in [0, 0.05) is 24.6 Å². The average Bonchev–Trinajstić information content (AvgIpc) is 3.05. The van der Waals surface area contributed by atoms with Crippen LogP contribution in [0.3, 0.4) is 0 Å². The Morgan fingerprint density at radius 3 is 2.96 bits per heavy atom. The van der Waals surface area contributed by atoms with Gasteiger partial charge in [0.1, 0.15) is 16.8 Å². The second kappa shape index (κ2) is 7.54. The van der Waals surface area contributed by atoms with Crippen LogP contribution >= 0.6 is 23.5 Å². The third-order valence-corrected chi connectivity index (χ3v) is 7.89. The number of hydrogen-bond acceptors (Lipinski definition) is 10.